The summed E-state index contributed by atoms with van der Waals surface area (Å²) in [5.74, 6) is 0.219. The van der Waals surface area contributed by atoms with E-state index in [-0.39, 0.29) is 18.9 Å². The number of carbonyl (C=O) groups excluding carboxylic acids is 2. The van der Waals surface area contributed by atoms with E-state index in [4.69, 9.17) is 9.47 Å². The van der Waals surface area contributed by atoms with Crippen LogP contribution in [0.3, 0.4) is 0 Å². The Kier molecular flexibility index (Phi) is 7.21. The van der Waals surface area contributed by atoms with Crippen molar-refractivity contribution in [2.75, 3.05) is 20.3 Å². The predicted molar refractivity (Wildman–Crippen MR) is 99.9 cm³/mol. The number of carbonyl (C=O) groups is 2. The zero-order valence-electron chi connectivity index (χ0n) is 15.5. The van der Waals surface area contributed by atoms with E-state index in [0.29, 0.717) is 13.2 Å². The van der Waals surface area contributed by atoms with Crippen LogP contribution in [0.15, 0.2) is 48.5 Å². The van der Waals surface area contributed by atoms with Crippen molar-refractivity contribution in [3.05, 3.63) is 65.2 Å². The first-order chi connectivity index (χ1) is 12.5. The average Bonchev–Trinajstić information content (AvgIpc) is 2.64. The van der Waals surface area contributed by atoms with Crippen molar-refractivity contribution in [2.24, 2.45) is 0 Å². The van der Waals surface area contributed by atoms with Crippen molar-refractivity contribution in [1.29, 1.82) is 0 Å². The van der Waals surface area contributed by atoms with E-state index < -0.39 is 5.97 Å². The van der Waals surface area contributed by atoms with Crippen LogP contribution in [0.1, 0.15) is 23.6 Å². The van der Waals surface area contributed by atoms with Crippen LogP contribution in [-0.4, -0.2) is 37.0 Å². The van der Waals surface area contributed by atoms with Crippen molar-refractivity contribution in [1.82, 2.24) is 4.90 Å². The van der Waals surface area contributed by atoms with Gasteiger partial charge in [0.05, 0.1) is 20.1 Å². The summed E-state index contributed by atoms with van der Waals surface area (Å²) in [5, 5.41) is 0. The summed E-state index contributed by atoms with van der Waals surface area (Å²) in [7, 11) is 1.32. The molecule has 2 aromatic carbocycles. The molecule has 0 spiro atoms. The maximum Gasteiger partial charge on any atom is 0.325 e. The zero-order valence-corrected chi connectivity index (χ0v) is 15.5. The van der Waals surface area contributed by atoms with Crippen LogP contribution < -0.4 is 4.74 Å². The standard InChI is InChI=1S/C21H25NO4/c1-4-26-19-11-9-17(10-12-19)13-20(23)22(15-21(24)25-3)14-18-8-6-5-7-16(18)2/h5-12H,4,13-15H2,1-3H3. The Bertz CT molecular complexity index is 740. The van der Waals surface area contributed by atoms with Crippen LogP contribution in [0.25, 0.3) is 0 Å². The fourth-order valence-corrected chi connectivity index (χ4v) is 2.60. The molecule has 0 atom stereocenters. The smallest absolute Gasteiger partial charge is 0.325 e. The number of methoxy groups -OCH3 is 1. The second-order valence-electron chi connectivity index (χ2n) is 6.01. The lowest BCUT2D eigenvalue weighted by Crippen LogP contribution is -2.36. The third-order valence-corrected chi connectivity index (χ3v) is 4.11. The molecule has 0 aliphatic rings. The molecular weight excluding hydrogens is 330 g/mol. The van der Waals surface area contributed by atoms with Crippen LogP contribution in [0.5, 0.6) is 5.75 Å². The predicted octanol–water partition coefficient (Wildman–Crippen LogP) is 3.14. The van der Waals surface area contributed by atoms with Gasteiger partial charge in [-0.3, -0.25) is 9.59 Å². The van der Waals surface area contributed by atoms with E-state index in [2.05, 4.69) is 0 Å². The second-order valence-corrected chi connectivity index (χ2v) is 6.01. The molecule has 1 amide bonds. The molecule has 0 aliphatic carbocycles. The van der Waals surface area contributed by atoms with Gasteiger partial charge < -0.3 is 14.4 Å². The highest BCUT2D eigenvalue weighted by molar-refractivity contribution is 5.83. The van der Waals surface area contributed by atoms with E-state index in [0.717, 1.165) is 22.4 Å². The van der Waals surface area contributed by atoms with Gasteiger partial charge in [0.2, 0.25) is 5.91 Å². The van der Waals surface area contributed by atoms with Crippen LogP contribution in [0, 0.1) is 6.92 Å². The van der Waals surface area contributed by atoms with E-state index in [9.17, 15) is 9.59 Å². The van der Waals surface area contributed by atoms with Gasteiger partial charge in [-0.2, -0.15) is 0 Å². The van der Waals surface area contributed by atoms with E-state index in [1.807, 2.05) is 62.4 Å². The fourth-order valence-electron chi connectivity index (χ4n) is 2.60. The number of nitrogens with zero attached hydrogens (tertiary/aromatic N) is 1. The first-order valence-electron chi connectivity index (χ1n) is 8.64. The number of hydrogen-bond donors (Lipinski definition) is 0. The lowest BCUT2D eigenvalue weighted by molar-refractivity contribution is -0.147. The number of hydrogen-bond acceptors (Lipinski definition) is 4. The summed E-state index contributed by atoms with van der Waals surface area (Å²) in [6, 6.07) is 15.3. The Morgan fingerprint density at radius 3 is 2.35 bits per heavy atom. The molecule has 0 radical (unpaired) electrons. The minimum absolute atomic E-state index is 0.0688. The molecule has 0 aromatic heterocycles. The van der Waals surface area contributed by atoms with E-state index in [1.54, 1.807) is 0 Å². The minimum atomic E-state index is -0.432. The van der Waals surface area contributed by atoms with Gasteiger partial charge in [-0.1, -0.05) is 36.4 Å². The molecule has 2 rings (SSSR count). The van der Waals surface area contributed by atoms with Crippen molar-refractivity contribution in [2.45, 2.75) is 26.8 Å². The molecule has 26 heavy (non-hydrogen) atoms. The summed E-state index contributed by atoms with van der Waals surface area (Å²) < 4.78 is 10.2. The Hall–Kier alpha value is -2.82. The van der Waals surface area contributed by atoms with Crippen LogP contribution in [0.4, 0.5) is 0 Å². The number of benzene rings is 2. The maximum atomic E-state index is 12.8. The van der Waals surface area contributed by atoms with E-state index in [1.165, 1.54) is 12.0 Å². The molecule has 0 unspecified atom stereocenters. The number of rotatable bonds is 8. The molecule has 5 heteroatoms. The monoisotopic (exact) mass is 355 g/mol. The summed E-state index contributed by atoms with van der Waals surface area (Å²) in [4.78, 5) is 26.0. The topological polar surface area (TPSA) is 55.8 Å². The summed E-state index contributed by atoms with van der Waals surface area (Å²) in [6.45, 7) is 4.82. The highest BCUT2D eigenvalue weighted by Gasteiger charge is 2.19. The SMILES string of the molecule is CCOc1ccc(CC(=O)N(CC(=O)OC)Cc2ccccc2C)cc1. The van der Waals surface area contributed by atoms with Gasteiger partial charge in [0.15, 0.2) is 0 Å². The minimum Gasteiger partial charge on any atom is -0.494 e. The van der Waals surface area contributed by atoms with Crippen molar-refractivity contribution in [3.8, 4) is 5.75 Å². The largest absolute Gasteiger partial charge is 0.494 e. The molecule has 0 aliphatic heterocycles. The maximum absolute atomic E-state index is 12.8. The van der Waals surface area contributed by atoms with Crippen molar-refractivity contribution >= 4 is 11.9 Å². The Labute approximate surface area is 154 Å². The summed E-state index contributed by atoms with van der Waals surface area (Å²) in [5.41, 5.74) is 2.96. The van der Waals surface area contributed by atoms with Crippen molar-refractivity contribution in [3.63, 3.8) is 0 Å². The molecule has 0 saturated heterocycles. The van der Waals surface area contributed by atoms with Crippen LogP contribution in [0.2, 0.25) is 0 Å². The zero-order chi connectivity index (χ0) is 18.9. The Morgan fingerprint density at radius 2 is 1.73 bits per heavy atom. The van der Waals surface area contributed by atoms with Gasteiger partial charge in [-0.25, -0.2) is 0 Å². The van der Waals surface area contributed by atoms with Gasteiger partial charge in [0, 0.05) is 6.54 Å². The third kappa shape index (κ3) is 5.62. The first-order valence-corrected chi connectivity index (χ1v) is 8.64. The number of esters is 1. The quantitative estimate of drug-likeness (QED) is 0.683. The third-order valence-electron chi connectivity index (χ3n) is 4.11. The highest BCUT2D eigenvalue weighted by Crippen LogP contribution is 2.15. The fraction of sp³-hybridized carbons (Fsp3) is 0.333. The van der Waals surface area contributed by atoms with Gasteiger partial charge in [-0.15, -0.1) is 0 Å². The van der Waals surface area contributed by atoms with Gasteiger partial charge in [-0.05, 0) is 42.7 Å². The first kappa shape index (κ1) is 19.5. The van der Waals surface area contributed by atoms with Gasteiger partial charge >= 0.3 is 5.97 Å². The lowest BCUT2D eigenvalue weighted by atomic mass is 10.1. The highest BCUT2D eigenvalue weighted by atomic mass is 16.5. The number of ether oxygens (including phenoxy) is 2. The molecule has 0 fully saturated rings. The Morgan fingerprint density at radius 1 is 1.04 bits per heavy atom. The Balaban J connectivity index is 2.11. The molecule has 138 valence electrons. The average molecular weight is 355 g/mol. The van der Waals surface area contributed by atoms with Crippen LogP contribution in [-0.2, 0) is 27.3 Å². The molecule has 5 nitrogen and oxygen atoms in total. The number of aryl methyl sites for hydroxylation is 1. The van der Waals surface area contributed by atoms with Gasteiger partial charge in [0.1, 0.15) is 12.3 Å². The van der Waals surface area contributed by atoms with Crippen molar-refractivity contribution < 1.29 is 19.1 Å². The number of amides is 1. The molecule has 0 heterocycles. The van der Waals surface area contributed by atoms with E-state index >= 15 is 0 Å². The summed E-state index contributed by atoms with van der Waals surface area (Å²) in [6.07, 6.45) is 0.218. The summed E-state index contributed by atoms with van der Waals surface area (Å²) >= 11 is 0. The molecular formula is C21H25NO4. The normalized spacial score (nSPS) is 10.3. The van der Waals surface area contributed by atoms with Crippen LogP contribution >= 0.6 is 0 Å². The lowest BCUT2D eigenvalue weighted by Gasteiger charge is -2.22. The molecule has 2 aromatic rings. The molecule has 0 saturated carbocycles. The van der Waals surface area contributed by atoms with Gasteiger partial charge in [0.25, 0.3) is 0 Å². The second kappa shape index (κ2) is 9.61. The molecule has 0 N–H and O–H groups in total. The molecule has 0 bridgehead atoms.